The molecule has 0 bridgehead atoms. The number of hydrogen-bond donors (Lipinski definition) is 1. The number of carbonyl (C=O) groups excluding carboxylic acids is 1. The van der Waals surface area contributed by atoms with Gasteiger partial charge < -0.3 is 18.1 Å². The molecule has 1 N–H and O–H groups in total. The zero-order valence-corrected chi connectivity index (χ0v) is 21.6. The summed E-state index contributed by atoms with van der Waals surface area (Å²) >= 11 is 0. The van der Waals surface area contributed by atoms with Crippen LogP contribution in [0.25, 0.3) is 0 Å². The molecule has 0 rings (SSSR count). The molecule has 0 spiro atoms. The fourth-order valence-electron chi connectivity index (χ4n) is 2.80. The van der Waals surface area contributed by atoms with Gasteiger partial charge in [-0.05, 0) is 63.7 Å². The average Bonchev–Trinajstić information content (AvgIpc) is 2.35. The predicted octanol–water partition coefficient (Wildman–Crippen LogP) is 4.75. The molecule has 0 aromatic rings. The molecule has 0 saturated carbocycles. The lowest BCUT2D eigenvalue weighted by Crippen LogP contribution is -2.53. The second-order valence-electron chi connectivity index (χ2n) is 10.1. The smallest absolute Gasteiger partial charge is 0.331 e. The normalized spacial score (nSPS) is 15.0. The van der Waals surface area contributed by atoms with Crippen molar-refractivity contribution >= 4 is 37.1 Å². The fraction of sp³-hybridized carbons (Fsp3) is 0.778. The van der Waals surface area contributed by atoms with E-state index in [1.165, 1.54) is 0 Å². The average molecular weight is 435 g/mol. The summed E-state index contributed by atoms with van der Waals surface area (Å²) in [6.45, 7) is 21.1. The molecule has 1 atom stereocenters. The highest BCUT2D eigenvalue weighted by atomic mass is 28.5. The number of esters is 1. The van der Waals surface area contributed by atoms with Gasteiger partial charge in [-0.2, -0.15) is 0 Å². The number of hydrogen-bond acceptors (Lipinski definition) is 5. The van der Waals surface area contributed by atoms with Gasteiger partial charge in [0.05, 0.1) is 0 Å². The highest BCUT2D eigenvalue weighted by Gasteiger charge is 2.42. The van der Waals surface area contributed by atoms with Gasteiger partial charge in [-0.3, -0.25) is 0 Å². The molecule has 0 aliphatic heterocycles. The molecule has 158 valence electrons. The Morgan fingerprint density at radius 3 is 1.70 bits per heavy atom. The third kappa shape index (κ3) is 13.1. The van der Waals surface area contributed by atoms with Crippen molar-refractivity contribution in [3.63, 3.8) is 0 Å². The van der Waals surface area contributed by atoms with E-state index in [1.807, 2.05) is 20.8 Å². The number of rotatable bonds is 10. The molecule has 0 radical (unpaired) electrons. The van der Waals surface area contributed by atoms with Gasteiger partial charge in [0.2, 0.25) is 0 Å². The molecule has 0 amide bonds. The van der Waals surface area contributed by atoms with Gasteiger partial charge in [0.25, 0.3) is 0 Å². The minimum absolute atomic E-state index is 0.277. The van der Waals surface area contributed by atoms with Crippen LogP contribution in [-0.4, -0.2) is 48.3 Å². The zero-order valence-electron chi connectivity index (χ0n) is 18.6. The van der Waals surface area contributed by atoms with Gasteiger partial charge >= 0.3 is 20.5 Å². The monoisotopic (exact) mass is 434 g/mol. The van der Waals surface area contributed by atoms with Crippen LogP contribution in [0.4, 0.5) is 0 Å². The highest BCUT2D eigenvalue weighted by Crippen LogP contribution is 2.32. The third-order valence-corrected chi connectivity index (χ3v) is 13.0. The summed E-state index contributed by atoms with van der Waals surface area (Å²) in [6.07, 6.45) is 2.01. The summed E-state index contributed by atoms with van der Waals surface area (Å²) in [5, 5.41) is 8.67. The van der Waals surface area contributed by atoms with Crippen LogP contribution in [0.5, 0.6) is 0 Å². The van der Waals surface area contributed by atoms with Crippen LogP contribution in [0.15, 0.2) is 12.2 Å². The van der Waals surface area contributed by atoms with E-state index in [4.69, 9.17) is 18.1 Å². The van der Waals surface area contributed by atoms with Gasteiger partial charge in [0, 0.05) is 12.2 Å². The number of aliphatic carboxylic acids is 1. The molecule has 0 aromatic heterocycles. The van der Waals surface area contributed by atoms with Crippen molar-refractivity contribution in [1.29, 1.82) is 0 Å². The number of carboxylic acids is 1. The maximum atomic E-state index is 12.0. The molecule has 0 aliphatic carbocycles. The van der Waals surface area contributed by atoms with Crippen LogP contribution in [0.2, 0.25) is 51.9 Å². The van der Waals surface area contributed by atoms with E-state index in [1.54, 1.807) is 0 Å². The van der Waals surface area contributed by atoms with Gasteiger partial charge in [0.1, 0.15) is 6.10 Å². The van der Waals surface area contributed by atoms with E-state index in [9.17, 15) is 9.59 Å². The summed E-state index contributed by atoms with van der Waals surface area (Å²) in [5.41, 5.74) is -0.277. The Morgan fingerprint density at radius 2 is 1.37 bits per heavy atom. The van der Waals surface area contributed by atoms with E-state index in [0.717, 1.165) is 18.2 Å². The first-order valence-corrected chi connectivity index (χ1v) is 18.7. The maximum absolute atomic E-state index is 12.0. The topological polar surface area (TPSA) is 82.1 Å². The van der Waals surface area contributed by atoms with E-state index in [-0.39, 0.29) is 11.5 Å². The van der Waals surface area contributed by atoms with E-state index < -0.39 is 37.1 Å². The summed E-state index contributed by atoms with van der Waals surface area (Å²) in [7, 11) is -6.01. The van der Waals surface area contributed by atoms with Gasteiger partial charge in [0.15, 0.2) is 16.6 Å². The second kappa shape index (κ2) is 9.64. The standard InChI is InChI=1S/C18H38O6Si3/c1-18(2,3)15(22-17(21)12-11-16(19)20)13-14-27(10,23-25(4,5)6)24-26(7,8)9/h11-12,15H,13-14H2,1-10H3,(H,19,20). The molecule has 0 aromatic carbocycles. The third-order valence-electron chi connectivity index (χ3n) is 3.49. The number of carbonyl (C=O) groups is 2. The van der Waals surface area contributed by atoms with Gasteiger partial charge in [-0.1, -0.05) is 20.8 Å². The lowest BCUT2D eigenvalue weighted by molar-refractivity contribution is -0.149. The van der Waals surface area contributed by atoms with Crippen molar-refractivity contribution in [3.8, 4) is 0 Å². The molecule has 0 saturated heterocycles. The van der Waals surface area contributed by atoms with E-state index in [2.05, 4.69) is 45.8 Å². The Hall–Kier alpha value is -0.749. The number of ether oxygens (including phenoxy) is 1. The summed E-state index contributed by atoms with van der Waals surface area (Å²) in [4.78, 5) is 22.6. The molecular formula is C18H38O6Si3. The lowest BCUT2D eigenvalue weighted by atomic mass is 9.87. The molecule has 0 fully saturated rings. The first-order valence-electron chi connectivity index (χ1n) is 9.35. The molecule has 1 unspecified atom stereocenters. The number of carboxylic acid groups (broad SMARTS) is 1. The van der Waals surface area contributed by atoms with Crippen molar-refractivity contribution in [2.24, 2.45) is 5.41 Å². The highest BCUT2D eigenvalue weighted by molar-refractivity contribution is 6.87. The fourth-order valence-corrected chi connectivity index (χ4v) is 15.3. The summed E-state index contributed by atoms with van der Waals surface area (Å²) in [6, 6.07) is 0.722. The molecule has 0 aliphatic rings. The second-order valence-corrected chi connectivity index (χ2v) is 22.9. The molecular weight excluding hydrogens is 396 g/mol. The van der Waals surface area contributed by atoms with Crippen LogP contribution < -0.4 is 0 Å². The Balaban J connectivity index is 5.32. The van der Waals surface area contributed by atoms with E-state index >= 15 is 0 Å². The van der Waals surface area contributed by atoms with Crippen molar-refractivity contribution in [3.05, 3.63) is 12.2 Å². The van der Waals surface area contributed by atoms with Gasteiger partial charge in [-0.25, -0.2) is 9.59 Å². The largest absolute Gasteiger partial charge is 0.478 e. The molecule has 27 heavy (non-hydrogen) atoms. The molecule has 9 heteroatoms. The van der Waals surface area contributed by atoms with Crippen LogP contribution in [0.1, 0.15) is 27.2 Å². The van der Waals surface area contributed by atoms with E-state index in [0.29, 0.717) is 6.42 Å². The minimum atomic E-state index is -2.43. The van der Waals surface area contributed by atoms with Crippen molar-refractivity contribution in [2.45, 2.75) is 85.2 Å². The summed E-state index contributed by atoms with van der Waals surface area (Å²) < 4.78 is 18.6. The van der Waals surface area contributed by atoms with Crippen molar-refractivity contribution < 1.29 is 27.7 Å². The Kier molecular flexibility index (Phi) is 9.37. The summed E-state index contributed by atoms with van der Waals surface area (Å²) in [5.74, 6) is -1.82. The molecule has 6 nitrogen and oxygen atoms in total. The van der Waals surface area contributed by atoms with Crippen LogP contribution in [-0.2, 0) is 22.6 Å². The quantitative estimate of drug-likeness (QED) is 0.303. The Morgan fingerprint density at radius 1 is 0.926 bits per heavy atom. The van der Waals surface area contributed by atoms with Gasteiger partial charge in [-0.15, -0.1) is 0 Å². The van der Waals surface area contributed by atoms with Crippen LogP contribution >= 0.6 is 0 Å². The predicted molar refractivity (Wildman–Crippen MR) is 116 cm³/mol. The minimum Gasteiger partial charge on any atom is -0.478 e. The van der Waals surface area contributed by atoms with Crippen molar-refractivity contribution in [1.82, 2.24) is 0 Å². The Bertz CT molecular complexity index is 525. The van der Waals surface area contributed by atoms with Crippen LogP contribution in [0.3, 0.4) is 0 Å². The Labute approximate surface area is 167 Å². The maximum Gasteiger partial charge on any atom is 0.331 e. The SMILES string of the molecule is CC(C)(C)C(CC[Si](C)(O[Si](C)(C)C)O[Si](C)(C)C)OC(=O)C=CC(=O)O. The lowest BCUT2D eigenvalue weighted by Gasteiger charge is -2.40. The van der Waals surface area contributed by atoms with Crippen molar-refractivity contribution in [2.75, 3.05) is 0 Å². The first-order chi connectivity index (χ1) is 11.8. The van der Waals surface area contributed by atoms with Crippen LogP contribution in [0, 0.1) is 5.41 Å². The zero-order chi connectivity index (χ0) is 21.7. The molecule has 0 heterocycles. The first kappa shape index (κ1) is 26.3.